The fourth-order valence-corrected chi connectivity index (χ4v) is 1.74. The van der Waals surface area contributed by atoms with Gasteiger partial charge in [-0.25, -0.2) is 0 Å². The second-order valence-corrected chi connectivity index (χ2v) is 4.19. The largest absolute Gasteiger partial charge is 0.445 e. The molecule has 0 aliphatic heterocycles. The van der Waals surface area contributed by atoms with Crippen molar-refractivity contribution < 1.29 is 17.9 Å². The lowest BCUT2D eigenvalue weighted by atomic mass is 10.3. The Bertz CT molecular complexity index is 524. The van der Waals surface area contributed by atoms with Gasteiger partial charge in [0.2, 0.25) is 5.01 Å². The Morgan fingerprint density at radius 3 is 2.33 bits per heavy atom. The van der Waals surface area contributed by atoms with E-state index in [9.17, 15) is 13.2 Å². The fraction of sp³-hybridized carbons (Fsp3) is 0.200. The number of ether oxygens (including phenoxy) is 1. The Morgan fingerprint density at radius 1 is 1.17 bits per heavy atom. The third-order valence-electron chi connectivity index (χ3n) is 2.00. The molecule has 0 atom stereocenters. The van der Waals surface area contributed by atoms with Crippen molar-refractivity contribution in [2.75, 3.05) is 12.4 Å². The normalized spacial score (nSPS) is 11.3. The number of nitrogens with zero attached hydrogens (tertiary/aromatic N) is 2. The maximum absolute atomic E-state index is 12.3. The van der Waals surface area contributed by atoms with E-state index in [1.807, 2.05) is 0 Å². The molecular weight excluding hydrogens is 267 g/mol. The van der Waals surface area contributed by atoms with Crippen molar-refractivity contribution in [2.24, 2.45) is 0 Å². The predicted molar refractivity (Wildman–Crippen MR) is 61.0 cm³/mol. The summed E-state index contributed by atoms with van der Waals surface area (Å²) in [5.41, 5.74) is 0.871. The van der Waals surface area contributed by atoms with Gasteiger partial charge in [0.05, 0.1) is 0 Å². The summed E-state index contributed by atoms with van der Waals surface area (Å²) >= 11 is 0.360. The molecule has 4 nitrogen and oxygen atoms in total. The van der Waals surface area contributed by atoms with Crippen molar-refractivity contribution in [2.45, 2.75) is 6.18 Å². The van der Waals surface area contributed by atoms with Gasteiger partial charge in [-0.15, -0.1) is 5.10 Å². The van der Waals surface area contributed by atoms with Crippen molar-refractivity contribution in [3.8, 4) is 10.9 Å². The summed E-state index contributed by atoms with van der Waals surface area (Å²) in [6, 6.07) is 6.73. The summed E-state index contributed by atoms with van der Waals surface area (Å²) in [4.78, 5) is 0. The smallest absolute Gasteiger partial charge is 0.430 e. The monoisotopic (exact) mass is 275 g/mol. The molecule has 0 radical (unpaired) electrons. The summed E-state index contributed by atoms with van der Waals surface area (Å²) in [7, 11) is 1.76. The van der Waals surface area contributed by atoms with Crippen molar-refractivity contribution in [1.29, 1.82) is 0 Å². The number of benzene rings is 1. The second-order valence-electron chi connectivity index (χ2n) is 3.25. The molecule has 0 aliphatic carbocycles. The van der Waals surface area contributed by atoms with E-state index in [0.717, 1.165) is 5.69 Å². The molecule has 0 fully saturated rings. The Labute approximate surface area is 104 Å². The molecule has 0 bridgehead atoms. The van der Waals surface area contributed by atoms with Crippen LogP contribution in [0.1, 0.15) is 5.01 Å². The Kier molecular flexibility index (Phi) is 3.37. The van der Waals surface area contributed by atoms with Crippen LogP contribution in [0.5, 0.6) is 10.9 Å². The molecule has 0 amide bonds. The predicted octanol–water partition coefficient (Wildman–Crippen LogP) is 3.39. The number of alkyl halides is 3. The molecule has 1 N–H and O–H groups in total. The van der Waals surface area contributed by atoms with E-state index < -0.39 is 11.2 Å². The Hall–Kier alpha value is -1.83. The van der Waals surface area contributed by atoms with Crippen molar-refractivity contribution in [3.63, 3.8) is 0 Å². The minimum absolute atomic E-state index is 0.139. The molecule has 1 aromatic carbocycles. The van der Waals surface area contributed by atoms with E-state index >= 15 is 0 Å². The number of rotatable bonds is 3. The van der Waals surface area contributed by atoms with E-state index in [4.69, 9.17) is 4.74 Å². The quantitative estimate of drug-likeness (QED) is 0.932. The maximum atomic E-state index is 12.3. The molecular formula is C10H8F3N3OS. The van der Waals surface area contributed by atoms with Crippen LogP contribution in [-0.2, 0) is 6.18 Å². The zero-order valence-corrected chi connectivity index (χ0v) is 9.97. The van der Waals surface area contributed by atoms with Gasteiger partial charge in [-0.05, 0) is 24.3 Å². The van der Waals surface area contributed by atoms with Crippen molar-refractivity contribution >= 4 is 17.0 Å². The van der Waals surface area contributed by atoms with E-state index in [-0.39, 0.29) is 5.19 Å². The molecule has 8 heteroatoms. The highest BCUT2D eigenvalue weighted by Crippen LogP contribution is 2.35. The third-order valence-corrected chi connectivity index (χ3v) is 2.84. The van der Waals surface area contributed by atoms with Gasteiger partial charge >= 0.3 is 6.18 Å². The lowest BCUT2D eigenvalue weighted by Gasteiger charge is -2.02. The van der Waals surface area contributed by atoms with Gasteiger partial charge in [-0.3, -0.25) is 0 Å². The zero-order valence-electron chi connectivity index (χ0n) is 9.15. The molecule has 0 aliphatic rings. The summed E-state index contributed by atoms with van der Waals surface area (Å²) in [6.07, 6.45) is -4.49. The van der Waals surface area contributed by atoms with E-state index in [1.54, 1.807) is 31.3 Å². The number of hydrogen-bond acceptors (Lipinski definition) is 5. The summed E-state index contributed by atoms with van der Waals surface area (Å²) in [5.74, 6) is 0.402. The van der Waals surface area contributed by atoms with Crippen LogP contribution in [0.15, 0.2) is 24.3 Å². The number of nitrogens with one attached hydrogen (secondary N) is 1. The first-order valence-corrected chi connectivity index (χ1v) is 5.67. The highest BCUT2D eigenvalue weighted by Gasteiger charge is 2.36. The molecule has 1 aromatic heterocycles. The molecule has 0 saturated heterocycles. The maximum Gasteiger partial charge on any atom is 0.445 e. The van der Waals surface area contributed by atoms with Crippen LogP contribution in [0, 0.1) is 0 Å². The first-order valence-electron chi connectivity index (χ1n) is 4.85. The molecule has 0 saturated carbocycles. The van der Waals surface area contributed by atoms with Gasteiger partial charge in [-0.2, -0.15) is 13.2 Å². The van der Waals surface area contributed by atoms with Crippen molar-refractivity contribution in [1.82, 2.24) is 10.2 Å². The molecule has 2 aromatic rings. The van der Waals surface area contributed by atoms with Crippen LogP contribution in [0.3, 0.4) is 0 Å². The molecule has 18 heavy (non-hydrogen) atoms. The van der Waals surface area contributed by atoms with Gasteiger partial charge in [0, 0.05) is 12.7 Å². The first kappa shape index (κ1) is 12.6. The number of aromatic nitrogens is 2. The van der Waals surface area contributed by atoms with Gasteiger partial charge in [0.1, 0.15) is 5.75 Å². The van der Waals surface area contributed by atoms with Gasteiger partial charge in [-0.1, -0.05) is 16.4 Å². The minimum Gasteiger partial charge on any atom is -0.430 e. The second kappa shape index (κ2) is 4.81. The van der Waals surface area contributed by atoms with E-state index in [0.29, 0.717) is 17.1 Å². The van der Waals surface area contributed by atoms with Gasteiger partial charge in [0.25, 0.3) is 5.19 Å². The van der Waals surface area contributed by atoms with E-state index in [2.05, 4.69) is 15.5 Å². The summed E-state index contributed by atoms with van der Waals surface area (Å²) < 4.78 is 42.0. The van der Waals surface area contributed by atoms with Gasteiger partial charge < -0.3 is 10.1 Å². The molecule has 1 heterocycles. The van der Waals surface area contributed by atoms with Crippen LogP contribution < -0.4 is 10.1 Å². The van der Waals surface area contributed by atoms with Crippen LogP contribution in [0.4, 0.5) is 18.9 Å². The average molecular weight is 275 g/mol. The standard InChI is InChI=1S/C10H8F3N3OS/c1-14-6-2-4-7(5-3-6)17-9-16-15-8(18-9)10(11,12)13/h2-5,14H,1H3. The Morgan fingerprint density at radius 2 is 1.83 bits per heavy atom. The fourth-order valence-electron chi connectivity index (χ4n) is 1.16. The van der Waals surface area contributed by atoms with Crippen molar-refractivity contribution in [3.05, 3.63) is 29.3 Å². The Balaban J connectivity index is 2.11. The SMILES string of the molecule is CNc1ccc(Oc2nnc(C(F)(F)F)s2)cc1. The minimum atomic E-state index is -4.49. The zero-order chi connectivity index (χ0) is 13.2. The third kappa shape index (κ3) is 2.89. The average Bonchev–Trinajstić information content (AvgIpc) is 2.78. The number of hydrogen-bond donors (Lipinski definition) is 1. The molecule has 96 valence electrons. The van der Waals surface area contributed by atoms with Crippen LogP contribution in [-0.4, -0.2) is 17.2 Å². The highest BCUT2D eigenvalue weighted by atomic mass is 32.1. The van der Waals surface area contributed by atoms with Crippen LogP contribution in [0.25, 0.3) is 0 Å². The molecule has 2 rings (SSSR count). The molecule has 0 unspecified atom stereocenters. The summed E-state index contributed by atoms with van der Waals surface area (Å²) in [6.45, 7) is 0. The molecule has 0 spiro atoms. The number of anilines is 1. The van der Waals surface area contributed by atoms with Gasteiger partial charge in [0.15, 0.2) is 0 Å². The number of halogens is 3. The lowest BCUT2D eigenvalue weighted by molar-refractivity contribution is -0.138. The highest BCUT2D eigenvalue weighted by molar-refractivity contribution is 7.13. The topological polar surface area (TPSA) is 47.0 Å². The first-order chi connectivity index (χ1) is 8.49. The van der Waals surface area contributed by atoms with E-state index in [1.165, 1.54) is 0 Å². The van der Waals surface area contributed by atoms with Crippen LogP contribution in [0.2, 0.25) is 0 Å². The summed E-state index contributed by atoms with van der Waals surface area (Å²) in [5, 5.41) is 8.10. The van der Waals surface area contributed by atoms with Crippen LogP contribution >= 0.6 is 11.3 Å². The lowest BCUT2D eigenvalue weighted by Crippen LogP contribution is -2.03.